The number of ether oxygens (including phenoxy) is 3. The molecule has 4 saturated heterocycles. The molecule has 1 saturated carbocycles. The van der Waals surface area contributed by atoms with Crippen molar-refractivity contribution in [2.75, 3.05) is 64.5 Å². The van der Waals surface area contributed by atoms with Gasteiger partial charge in [-0.25, -0.2) is 14.4 Å². The number of carbonyl (C=O) groups is 1. The number of anilines is 1. The quantitative estimate of drug-likeness (QED) is 0.395. The van der Waals surface area contributed by atoms with Crippen molar-refractivity contribution in [3.8, 4) is 11.5 Å². The molecule has 0 radical (unpaired) electrons. The molecule has 1 aliphatic carbocycles. The standard InChI is InChI=1S/C34H48FN7O6S/c1-23-17-46-18-24(2)42(23)33(43)29-14-25(35)4-9-30(29)48-31-15-36-22-37-32(31)41-20-34(21-41)10-12-40(13-11-34)16-28-8-5-26(19-47-28)38-49(44,45)39(3)27-6-7-27/h4,9,14-15,22-24,26-28,38H,5-8,10-13,16-21H2,1-3H3/t23-,24-,26-,28+/m1/s1. The fraction of sp³-hybridized carbons (Fsp3) is 0.676. The normalized spacial score (nSPS) is 27.7. The Morgan fingerprint density at radius 1 is 1.08 bits per heavy atom. The van der Waals surface area contributed by atoms with E-state index >= 15 is 0 Å². The van der Waals surface area contributed by atoms with E-state index in [0.29, 0.717) is 31.4 Å². The minimum atomic E-state index is -3.47. The van der Waals surface area contributed by atoms with Gasteiger partial charge >= 0.3 is 0 Å². The lowest BCUT2D eigenvalue weighted by molar-refractivity contribution is -0.0300. The van der Waals surface area contributed by atoms with E-state index in [0.717, 1.165) is 71.2 Å². The van der Waals surface area contributed by atoms with Crippen LogP contribution in [0.2, 0.25) is 0 Å². The molecule has 13 nitrogen and oxygen atoms in total. The fourth-order valence-electron chi connectivity index (χ4n) is 7.74. The number of carbonyl (C=O) groups excluding carboxylic acids is 1. The largest absolute Gasteiger partial charge is 0.451 e. The van der Waals surface area contributed by atoms with Crippen LogP contribution in [0, 0.1) is 11.2 Å². The number of aromatic nitrogens is 2. The predicted molar refractivity (Wildman–Crippen MR) is 180 cm³/mol. The summed E-state index contributed by atoms with van der Waals surface area (Å²) in [4.78, 5) is 28.8. The van der Waals surface area contributed by atoms with Crippen molar-refractivity contribution in [3.63, 3.8) is 0 Å². The number of halogens is 1. The van der Waals surface area contributed by atoms with Crippen LogP contribution in [-0.4, -0.2) is 128 Å². The second-order valence-electron chi connectivity index (χ2n) is 14.7. The maximum atomic E-state index is 14.4. The minimum Gasteiger partial charge on any atom is -0.451 e. The Morgan fingerprint density at radius 3 is 2.49 bits per heavy atom. The number of rotatable bonds is 10. The van der Waals surface area contributed by atoms with Crippen molar-refractivity contribution in [2.45, 2.75) is 82.6 Å². The van der Waals surface area contributed by atoms with Gasteiger partial charge in [-0.15, -0.1) is 0 Å². The lowest BCUT2D eigenvalue weighted by atomic mass is 9.72. The highest BCUT2D eigenvalue weighted by atomic mass is 32.2. The number of nitrogens with zero attached hydrogens (tertiary/aromatic N) is 6. The average Bonchev–Trinajstić information content (AvgIpc) is 3.91. The summed E-state index contributed by atoms with van der Waals surface area (Å²) in [6.07, 6.45) is 8.78. The van der Waals surface area contributed by atoms with Crippen molar-refractivity contribution in [2.24, 2.45) is 5.41 Å². The zero-order valence-electron chi connectivity index (χ0n) is 28.6. The van der Waals surface area contributed by atoms with Crippen LogP contribution in [0.5, 0.6) is 11.5 Å². The number of hydrogen-bond donors (Lipinski definition) is 1. The predicted octanol–water partition coefficient (Wildman–Crippen LogP) is 3.04. The third-order valence-electron chi connectivity index (χ3n) is 10.8. The smallest absolute Gasteiger partial charge is 0.279 e. The first-order chi connectivity index (χ1) is 23.5. The van der Waals surface area contributed by atoms with E-state index in [2.05, 4.69) is 24.5 Å². The highest BCUT2D eigenvalue weighted by molar-refractivity contribution is 7.87. The van der Waals surface area contributed by atoms with Crippen LogP contribution in [0.25, 0.3) is 0 Å². The molecule has 1 spiro atoms. The summed E-state index contributed by atoms with van der Waals surface area (Å²) >= 11 is 0. The monoisotopic (exact) mass is 701 g/mol. The van der Waals surface area contributed by atoms with Crippen LogP contribution in [0.15, 0.2) is 30.7 Å². The van der Waals surface area contributed by atoms with Crippen LogP contribution in [0.4, 0.5) is 10.2 Å². The molecule has 7 rings (SSSR count). The second-order valence-corrected chi connectivity index (χ2v) is 16.4. The van der Waals surface area contributed by atoms with Gasteiger partial charge in [-0.05, 0) is 83.7 Å². The van der Waals surface area contributed by atoms with E-state index in [9.17, 15) is 17.6 Å². The third-order valence-corrected chi connectivity index (χ3v) is 12.5. The van der Waals surface area contributed by atoms with Gasteiger partial charge < -0.3 is 28.9 Å². The Balaban J connectivity index is 0.916. The Labute approximate surface area is 288 Å². The van der Waals surface area contributed by atoms with Crippen molar-refractivity contribution < 1.29 is 31.8 Å². The van der Waals surface area contributed by atoms with E-state index in [-0.39, 0.29) is 52.9 Å². The lowest BCUT2D eigenvalue weighted by Gasteiger charge is -2.54. The van der Waals surface area contributed by atoms with Gasteiger partial charge in [0.1, 0.15) is 17.9 Å². The fourth-order valence-corrected chi connectivity index (χ4v) is 9.12. The van der Waals surface area contributed by atoms with E-state index in [1.165, 1.54) is 28.8 Å². The first kappa shape index (κ1) is 34.5. The molecule has 15 heteroatoms. The summed E-state index contributed by atoms with van der Waals surface area (Å²) in [6.45, 7) is 9.56. The number of hydrogen-bond acceptors (Lipinski definition) is 10. The number of morpholine rings is 1. The average molecular weight is 702 g/mol. The molecule has 1 N–H and O–H groups in total. The molecule has 0 unspecified atom stereocenters. The zero-order valence-corrected chi connectivity index (χ0v) is 29.4. The van der Waals surface area contributed by atoms with E-state index in [1.54, 1.807) is 18.1 Å². The number of piperidine rings is 1. The van der Waals surface area contributed by atoms with Crippen molar-refractivity contribution in [3.05, 3.63) is 42.1 Å². The molecule has 1 amide bonds. The van der Waals surface area contributed by atoms with Crippen LogP contribution in [0.3, 0.4) is 0 Å². The molecule has 49 heavy (non-hydrogen) atoms. The molecule has 1 aromatic heterocycles. The van der Waals surface area contributed by atoms with E-state index < -0.39 is 16.0 Å². The summed E-state index contributed by atoms with van der Waals surface area (Å²) in [6, 6.07) is 3.66. The maximum Gasteiger partial charge on any atom is 0.279 e. The Hall–Kier alpha value is -2.95. The Bertz CT molecular complexity index is 1600. The second kappa shape index (κ2) is 14.0. The number of amides is 1. The van der Waals surface area contributed by atoms with Gasteiger partial charge in [-0.2, -0.15) is 17.4 Å². The molecular formula is C34H48FN7O6S. The summed E-state index contributed by atoms with van der Waals surface area (Å²) in [7, 11) is -1.82. The van der Waals surface area contributed by atoms with Crippen molar-refractivity contribution in [1.82, 2.24) is 28.8 Å². The summed E-state index contributed by atoms with van der Waals surface area (Å²) in [5.41, 5.74) is 0.339. The van der Waals surface area contributed by atoms with Crippen molar-refractivity contribution in [1.29, 1.82) is 0 Å². The van der Waals surface area contributed by atoms with Gasteiger partial charge in [0.05, 0.1) is 49.8 Å². The van der Waals surface area contributed by atoms with Gasteiger partial charge in [0.2, 0.25) is 0 Å². The summed E-state index contributed by atoms with van der Waals surface area (Å²) < 4.78 is 62.0. The third kappa shape index (κ3) is 7.57. The molecular weight excluding hydrogens is 653 g/mol. The molecule has 1 aromatic carbocycles. The van der Waals surface area contributed by atoms with Crippen LogP contribution in [0.1, 0.15) is 62.7 Å². The first-order valence-electron chi connectivity index (χ1n) is 17.5. The van der Waals surface area contributed by atoms with E-state index in [1.807, 2.05) is 13.8 Å². The summed E-state index contributed by atoms with van der Waals surface area (Å²) in [5.74, 6) is 0.529. The minimum absolute atomic E-state index is 0.104. The highest BCUT2D eigenvalue weighted by Gasteiger charge is 2.46. The summed E-state index contributed by atoms with van der Waals surface area (Å²) in [5, 5.41) is 0. The molecule has 5 aliphatic rings. The number of likely N-dealkylation sites (tertiary alicyclic amines) is 1. The first-order valence-corrected chi connectivity index (χ1v) is 19.0. The number of nitrogens with one attached hydrogen (secondary N) is 1. The Kier molecular flexibility index (Phi) is 9.85. The molecule has 4 atom stereocenters. The zero-order chi connectivity index (χ0) is 34.3. The van der Waals surface area contributed by atoms with Crippen LogP contribution in [-0.2, 0) is 19.7 Å². The molecule has 5 fully saturated rings. The topological polar surface area (TPSA) is 130 Å². The Morgan fingerprint density at radius 2 is 1.82 bits per heavy atom. The highest BCUT2D eigenvalue weighted by Crippen LogP contribution is 2.45. The van der Waals surface area contributed by atoms with Crippen LogP contribution >= 0.6 is 0 Å². The number of benzene rings is 1. The van der Waals surface area contributed by atoms with E-state index in [4.69, 9.17) is 14.2 Å². The molecule has 268 valence electrons. The van der Waals surface area contributed by atoms with Gasteiger partial charge in [-0.3, -0.25) is 4.79 Å². The molecule has 2 aromatic rings. The SMILES string of the molecule is C[C@@H]1COC[C@@H](C)N1C(=O)c1cc(F)ccc1Oc1cncnc1N1CC2(CCN(C[C@@H]3CC[C@@H](NS(=O)(=O)N(C)C4CC4)CO3)CC2)C1. The molecule has 0 bridgehead atoms. The maximum absolute atomic E-state index is 14.4. The van der Waals surface area contributed by atoms with Gasteiger partial charge in [0, 0.05) is 44.2 Å². The van der Waals surface area contributed by atoms with Crippen LogP contribution < -0.4 is 14.4 Å². The van der Waals surface area contributed by atoms with Crippen molar-refractivity contribution >= 4 is 21.9 Å². The lowest BCUT2D eigenvalue weighted by Crippen LogP contribution is -2.61. The van der Waals surface area contributed by atoms with Gasteiger partial charge in [0.15, 0.2) is 11.6 Å². The van der Waals surface area contributed by atoms with Gasteiger partial charge in [-0.1, -0.05) is 0 Å². The van der Waals surface area contributed by atoms with Gasteiger partial charge in [0.25, 0.3) is 16.1 Å². The molecule has 5 heterocycles. The molecule has 4 aliphatic heterocycles.